The number of Topliss-reactive ketones (excluding diaryl/α,β-unsaturated/α-hetero) is 1. The third-order valence-electron chi connectivity index (χ3n) is 4.40. The molecule has 0 radical (unpaired) electrons. The Balaban J connectivity index is 1.47. The van der Waals surface area contributed by atoms with Gasteiger partial charge in [0.2, 0.25) is 5.91 Å². The first-order valence-electron chi connectivity index (χ1n) is 9.18. The molecule has 0 atom stereocenters. The molecule has 1 amide bonds. The second-order valence-electron chi connectivity index (χ2n) is 6.66. The number of nitrogens with one attached hydrogen (secondary N) is 1. The van der Waals surface area contributed by atoms with Gasteiger partial charge in [0.15, 0.2) is 16.9 Å². The molecule has 8 nitrogen and oxygen atoms in total. The number of carbonyl (C=O) groups excluding carboxylic acids is 2. The number of amides is 1. The van der Waals surface area contributed by atoms with Crippen molar-refractivity contribution in [2.24, 2.45) is 0 Å². The van der Waals surface area contributed by atoms with Crippen molar-refractivity contribution in [1.82, 2.24) is 25.0 Å². The van der Waals surface area contributed by atoms with Crippen LogP contribution in [0.15, 0.2) is 59.9 Å². The average molecular weight is 418 g/mol. The van der Waals surface area contributed by atoms with E-state index in [4.69, 9.17) is 0 Å². The van der Waals surface area contributed by atoms with E-state index in [1.807, 2.05) is 31.2 Å². The lowest BCUT2D eigenvalue weighted by Crippen LogP contribution is -2.14. The zero-order valence-corrected chi connectivity index (χ0v) is 17.2. The zero-order chi connectivity index (χ0) is 21.1. The van der Waals surface area contributed by atoms with Crippen molar-refractivity contribution in [2.45, 2.75) is 18.9 Å². The van der Waals surface area contributed by atoms with Crippen LogP contribution in [0.1, 0.15) is 22.8 Å². The van der Waals surface area contributed by atoms with Gasteiger partial charge in [-0.15, -0.1) is 5.10 Å². The summed E-state index contributed by atoms with van der Waals surface area (Å²) in [6.07, 6.45) is 1.44. The Labute approximate surface area is 176 Å². The Morgan fingerprint density at radius 3 is 2.47 bits per heavy atom. The van der Waals surface area contributed by atoms with Gasteiger partial charge in [0.1, 0.15) is 11.4 Å². The summed E-state index contributed by atoms with van der Waals surface area (Å²) in [5, 5.41) is 11.8. The molecule has 2 aromatic carbocycles. The van der Waals surface area contributed by atoms with Gasteiger partial charge < -0.3 is 5.32 Å². The van der Waals surface area contributed by atoms with E-state index in [0.717, 1.165) is 11.3 Å². The van der Waals surface area contributed by atoms with Crippen LogP contribution in [-0.4, -0.2) is 42.4 Å². The Kier molecular flexibility index (Phi) is 5.53. The fourth-order valence-corrected chi connectivity index (χ4v) is 3.54. The summed E-state index contributed by atoms with van der Waals surface area (Å²) in [7, 11) is 0. The van der Waals surface area contributed by atoms with Crippen LogP contribution in [0, 0.1) is 6.92 Å². The molecule has 0 bridgehead atoms. The molecule has 150 valence electrons. The smallest absolute Gasteiger partial charge is 0.234 e. The molecule has 0 saturated carbocycles. The van der Waals surface area contributed by atoms with Crippen molar-refractivity contribution in [3.63, 3.8) is 0 Å². The number of fused-ring (bicyclic) bond motifs is 1. The lowest BCUT2D eigenvalue weighted by molar-refractivity contribution is -0.113. The van der Waals surface area contributed by atoms with Gasteiger partial charge in [0.25, 0.3) is 0 Å². The highest BCUT2D eigenvalue weighted by Gasteiger charge is 2.15. The second kappa shape index (κ2) is 8.42. The third-order valence-corrected chi connectivity index (χ3v) is 5.38. The summed E-state index contributed by atoms with van der Waals surface area (Å²) in [6.45, 7) is 3.52. The Morgan fingerprint density at radius 1 is 1.03 bits per heavy atom. The molecule has 0 saturated heterocycles. The lowest BCUT2D eigenvalue weighted by Gasteiger charge is -2.06. The highest BCUT2D eigenvalue weighted by Crippen LogP contribution is 2.24. The quantitative estimate of drug-likeness (QED) is 0.291. The highest BCUT2D eigenvalue weighted by molar-refractivity contribution is 8.00. The summed E-state index contributed by atoms with van der Waals surface area (Å²) in [5.74, 6) is -0.0547. The Bertz CT molecular complexity index is 1220. The Morgan fingerprint density at radius 2 is 1.77 bits per heavy atom. The summed E-state index contributed by atoms with van der Waals surface area (Å²) < 4.78 is 1.65. The average Bonchev–Trinajstić information content (AvgIpc) is 3.18. The fourth-order valence-electron chi connectivity index (χ4n) is 2.81. The normalized spacial score (nSPS) is 10.9. The van der Waals surface area contributed by atoms with Crippen LogP contribution < -0.4 is 5.32 Å². The monoisotopic (exact) mass is 418 g/mol. The van der Waals surface area contributed by atoms with Crippen LogP contribution in [0.4, 0.5) is 5.69 Å². The molecule has 0 aliphatic carbocycles. The molecule has 1 N–H and O–H groups in total. The van der Waals surface area contributed by atoms with E-state index in [9.17, 15) is 9.59 Å². The molecular formula is C21H18N6O2S. The molecule has 4 aromatic rings. The van der Waals surface area contributed by atoms with Gasteiger partial charge in [-0.3, -0.25) is 9.59 Å². The van der Waals surface area contributed by atoms with Crippen LogP contribution >= 0.6 is 11.8 Å². The number of hydrogen-bond acceptors (Lipinski definition) is 7. The number of aryl methyl sites for hydroxylation is 1. The van der Waals surface area contributed by atoms with E-state index in [2.05, 4.69) is 25.6 Å². The van der Waals surface area contributed by atoms with Gasteiger partial charge in [0.05, 0.1) is 11.4 Å². The van der Waals surface area contributed by atoms with Gasteiger partial charge in [-0.05, 0) is 50.2 Å². The number of rotatable bonds is 6. The van der Waals surface area contributed by atoms with E-state index >= 15 is 0 Å². The van der Waals surface area contributed by atoms with Crippen molar-refractivity contribution in [3.8, 4) is 5.69 Å². The first kappa shape index (κ1) is 19.7. The van der Waals surface area contributed by atoms with E-state index in [1.165, 1.54) is 25.0 Å². The number of hydrogen-bond donors (Lipinski definition) is 1. The van der Waals surface area contributed by atoms with E-state index in [0.29, 0.717) is 27.4 Å². The molecule has 0 fully saturated rings. The molecule has 30 heavy (non-hydrogen) atoms. The topological polar surface area (TPSA) is 103 Å². The molecular weight excluding hydrogens is 400 g/mol. The summed E-state index contributed by atoms with van der Waals surface area (Å²) in [6, 6.07) is 14.7. The van der Waals surface area contributed by atoms with Gasteiger partial charge in [-0.1, -0.05) is 34.7 Å². The fraction of sp³-hybridized carbons (Fsp3) is 0.143. The summed E-state index contributed by atoms with van der Waals surface area (Å²) >= 11 is 1.26. The third kappa shape index (κ3) is 4.20. The maximum atomic E-state index is 12.3. The largest absolute Gasteiger partial charge is 0.325 e. The number of thioether (sulfide) groups is 1. The first-order valence-corrected chi connectivity index (χ1v) is 10.2. The van der Waals surface area contributed by atoms with Gasteiger partial charge in [-0.2, -0.15) is 4.68 Å². The van der Waals surface area contributed by atoms with Crippen molar-refractivity contribution in [2.75, 3.05) is 11.1 Å². The van der Waals surface area contributed by atoms with Crippen LogP contribution in [0.3, 0.4) is 0 Å². The molecule has 2 aromatic heterocycles. The van der Waals surface area contributed by atoms with Crippen LogP contribution in [-0.2, 0) is 4.79 Å². The first-order chi connectivity index (χ1) is 14.5. The molecule has 4 rings (SSSR count). The lowest BCUT2D eigenvalue weighted by atomic mass is 10.1. The van der Waals surface area contributed by atoms with Gasteiger partial charge in [0, 0.05) is 11.3 Å². The Hall–Kier alpha value is -3.59. The van der Waals surface area contributed by atoms with E-state index < -0.39 is 0 Å². The molecule has 0 spiro atoms. The minimum Gasteiger partial charge on any atom is -0.325 e. The predicted molar refractivity (Wildman–Crippen MR) is 115 cm³/mol. The van der Waals surface area contributed by atoms with Crippen LogP contribution in [0.25, 0.3) is 16.9 Å². The number of anilines is 1. The molecule has 2 heterocycles. The molecule has 9 heteroatoms. The maximum absolute atomic E-state index is 12.3. The minimum atomic E-state index is -0.187. The summed E-state index contributed by atoms with van der Waals surface area (Å²) in [4.78, 5) is 32.2. The molecule has 0 aliphatic rings. The standard InChI is InChI=1S/C21H18N6O2S/c1-13-3-9-17(10-4-13)27-20-19(25-26-27)21(23-12-22-20)30-11-18(29)24-16-7-5-15(6-8-16)14(2)28/h3-10,12H,11H2,1-2H3,(H,24,29). The second-order valence-corrected chi connectivity index (χ2v) is 7.62. The van der Waals surface area contributed by atoms with Crippen molar-refractivity contribution in [3.05, 3.63) is 66.0 Å². The predicted octanol–water partition coefficient (Wildman–Crippen LogP) is 3.45. The zero-order valence-electron chi connectivity index (χ0n) is 16.4. The van der Waals surface area contributed by atoms with Crippen molar-refractivity contribution in [1.29, 1.82) is 0 Å². The number of ketones is 1. The van der Waals surface area contributed by atoms with Crippen molar-refractivity contribution >= 4 is 40.3 Å². The van der Waals surface area contributed by atoms with Crippen LogP contribution in [0.5, 0.6) is 0 Å². The van der Waals surface area contributed by atoms with Crippen LogP contribution in [0.2, 0.25) is 0 Å². The molecule has 0 aliphatic heterocycles. The number of nitrogens with zero attached hydrogens (tertiary/aromatic N) is 5. The SMILES string of the molecule is CC(=O)c1ccc(NC(=O)CSc2ncnc3c2nnn3-c2ccc(C)cc2)cc1. The maximum Gasteiger partial charge on any atom is 0.234 e. The van der Waals surface area contributed by atoms with Crippen molar-refractivity contribution < 1.29 is 9.59 Å². The van der Waals surface area contributed by atoms with E-state index in [1.54, 1.807) is 28.9 Å². The summed E-state index contributed by atoms with van der Waals surface area (Å²) in [5.41, 5.74) is 4.35. The minimum absolute atomic E-state index is 0.0186. The highest BCUT2D eigenvalue weighted by atomic mass is 32.2. The number of aromatic nitrogens is 5. The number of carbonyl (C=O) groups is 2. The van der Waals surface area contributed by atoms with Gasteiger partial charge in [-0.25, -0.2) is 9.97 Å². The van der Waals surface area contributed by atoms with E-state index in [-0.39, 0.29) is 17.4 Å². The molecule has 0 unspecified atom stereocenters. The number of benzene rings is 2. The van der Waals surface area contributed by atoms with Gasteiger partial charge >= 0.3 is 0 Å².